The Morgan fingerprint density at radius 2 is 1.02 bits per heavy atom. The summed E-state index contributed by atoms with van der Waals surface area (Å²) >= 11 is 0. The van der Waals surface area contributed by atoms with Gasteiger partial charge in [0, 0.05) is 72.0 Å². The van der Waals surface area contributed by atoms with Crippen LogP contribution in [0.25, 0.3) is 0 Å². The van der Waals surface area contributed by atoms with E-state index in [4.69, 9.17) is 10.5 Å². The molecule has 18 nitrogen and oxygen atoms in total. The van der Waals surface area contributed by atoms with Crippen LogP contribution in [-0.2, 0) is 33.5 Å². The van der Waals surface area contributed by atoms with Crippen molar-refractivity contribution in [2.75, 3.05) is 111 Å². The van der Waals surface area contributed by atoms with Gasteiger partial charge in [0.25, 0.3) is 0 Å². The topological polar surface area (TPSA) is 247 Å². The van der Waals surface area contributed by atoms with Crippen LogP contribution in [-0.4, -0.2) is 188 Å². The number of amides is 3. The highest BCUT2D eigenvalue weighted by Crippen LogP contribution is 2.01. The van der Waals surface area contributed by atoms with E-state index in [1.54, 1.807) is 14.7 Å². The lowest BCUT2D eigenvalue weighted by atomic mass is 10.2. The van der Waals surface area contributed by atoms with Crippen LogP contribution in [0.1, 0.15) is 26.2 Å². The van der Waals surface area contributed by atoms with Gasteiger partial charge in [0.15, 0.2) is 0 Å². The van der Waals surface area contributed by atoms with E-state index >= 15 is 0 Å². The van der Waals surface area contributed by atoms with E-state index in [0.29, 0.717) is 32.7 Å². The quantitative estimate of drug-likeness (QED) is 0.0622. The van der Waals surface area contributed by atoms with E-state index in [0.717, 1.165) is 12.8 Å². The van der Waals surface area contributed by atoms with Crippen molar-refractivity contribution in [1.29, 1.82) is 0 Å². The number of hydrogen-bond acceptors (Lipinski definition) is 12. The van der Waals surface area contributed by atoms with Crippen molar-refractivity contribution in [2.24, 2.45) is 5.73 Å². The molecule has 8 N–H and O–H groups in total. The van der Waals surface area contributed by atoms with Crippen molar-refractivity contribution in [1.82, 2.24) is 35.6 Å². The van der Waals surface area contributed by atoms with Crippen LogP contribution in [0.15, 0.2) is 0 Å². The smallest absolute Gasteiger partial charge is 0.317 e. The molecule has 1 fully saturated rings. The number of hydrogen-bond donors (Lipinski definition) is 7. The molecule has 0 aromatic carbocycles. The van der Waals surface area contributed by atoms with Gasteiger partial charge in [0.05, 0.1) is 51.9 Å². The highest BCUT2D eigenvalue weighted by molar-refractivity contribution is 5.88. The van der Waals surface area contributed by atoms with Crippen molar-refractivity contribution >= 4 is 35.6 Å². The molecule has 3 amide bonds. The predicted octanol–water partition coefficient (Wildman–Crippen LogP) is -3.66. The number of carboxylic acids is 3. The fourth-order valence-corrected chi connectivity index (χ4v) is 4.56. The van der Waals surface area contributed by atoms with Gasteiger partial charge in [-0.15, -0.1) is 0 Å². The minimum Gasteiger partial charge on any atom is -0.480 e. The highest BCUT2D eigenvalue weighted by Gasteiger charge is 2.21. The Balaban J connectivity index is 2.52. The summed E-state index contributed by atoms with van der Waals surface area (Å²) in [5, 5.41) is 36.0. The second kappa shape index (κ2) is 23.9. The number of aliphatic carboxylic acids is 3. The van der Waals surface area contributed by atoms with E-state index in [1.165, 1.54) is 0 Å². The van der Waals surface area contributed by atoms with E-state index < -0.39 is 23.9 Å². The van der Waals surface area contributed by atoms with Crippen molar-refractivity contribution < 1.29 is 48.8 Å². The third kappa shape index (κ3) is 20.6. The van der Waals surface area contributed by atoms with E-state index in [1.807, 2.05) is 11.8 Å². The molecule has 1 aliphatic rings. The largest absolute Gasteiger partial charge is 0.480 e. The van der Waals surface area contributed by atoms with Crippen LogP contribution in [0.3, 0.4) is 0 Å². The minimum atomic E-state index is -1.03. The first-order valence-corrected chi connectivity index (χ1v) is 15.6. The van der Waals surface area contributed by atoms with Gasteiger partial charge in [-0.3, -0.25) is 48.4 Å². The van der Waals surface area contributed by atoms with Gasteiger partial charge in [0.1, 0.15) is 0 Å². The Hall–Kier alpha value is -3.42. The number of rotatable bonds is 20. The van der Waals surface area contributed by atoms with Crippen LogP contribution in [0.4, 0.5) is 0 Å². The summed E-state index contributed by atoms with van der Waals surface area (Å²) < 4.78 is 5.45. The lowest BCUT2D eigenvalue weighted by Crippen LogP contribution is -2.50. The van der Waals surface area contributed by atoms with Gasteiger partial charge in [-0.25, -0.2) is 0 Å². The summed E-state index contributed by atoms with van der Waals surface area (Å²) in [4.78, 5) is 77.5. The van der Waals surface area contributed by atoms with Crippen LogP contribution in [0.2, 0.25) is 0 Å². The molecule has 1 atom stereocenters. The fraction of sp³-hybridized carbons (Fsp3) is 0.786. The monoisotopic (exact) mass is 660 g/mol. The Kier molecular flexibility index (Phi) is 21.1. The average molecular weight is 661 g/mol. The zero-order valence-corrected chi connectivity index (χ0v) is 26.8. The Morgan fingerprint density at radius 1 is 0.630 bits per heavy atom. The summed E-state index contributed by atoms with van der Waals surface area (Å²) in [5.41, 5.74) is 5.76. The molecule has 1 heterocycles. The Labute approximate surface area is 269 Å². The Morgan fingerprint density at radius 3 is 1.41 bits per heavy atom. The molecule has 0 aliphatic carbocycles. The molecule has 0 aromatic heterocycles. The summed E-state index contributed by atoms with van der Waals surface area (Å²) in [7, 11) is 0. The van der Waals surface area contributed by atoms with Gasteiger partial charge >= 0.3 is 17.9 Å². The molecule has 0 spiro atoms. The molecular formula is C28H52N8O10. The van der Waals surface area contributed by atoms with Crippen LogP contribution in [0.5, 0.6) is 0 Å². The number of carboxylic acid groups (broad SMARTS) is 3. The maximum atomic E-state index is 12.7. The molecule has 0 radical (unpaired) electrons. The summed E-state index contributed by atoms with van der Waals surface area (Å²) in [6, 6.07) is -0.931. The number of nitrogens with zero attached hydrogens (tertiary/aromatic N) is 4. The summed E-state index contributed by atoms with van der Waals surface area (Å²) in [5.74, 6) is -4.12. The SMILES string of the molecule is CCCCNC(=O)[C@H](N)CC(=O)NCCOCCNC(=O)CN1CCN(CC(=O)O)CCN(CC(=O)O)CCN(CC(=O)O)CC1. The first-order chi connectivity index (χ1) is 21.9. The molecule has 0 unspecified atom stereocenters. The normalized spacial score (nSPS) is 16.8. The van der Waals surface area contributed by atoms with E-state index in [9.17, 15) is 44.1 Å². The number of carbonyl (C=O) groups excluding carboxylic acids is 3. The average Bonchev–Trinajstić information content (AvgIpc) is 2.97. The maximum absolute atomic E-state index is 12.7. The summed E-state index contributed by atoms with van der Waals surface area (Å²) in [6.45, 7) is 5.00. The molecule has 46 heavy (non-hydrogen) atoms. The van der Waals surface area contributed by atoms with Gasteiger partial charge in [-0.1, -0.05) is 13.3 Å². The van der Waals surface area contributed by atoms with Gasteiger partial charge in [-0.2, -0.15) is 0 Å². The molecular weight excluding hydrogens is 608 g/mol. The number of nitrogens with two attached hydrogens (primary N) is 1. The number of unbranched alkanes of at least 4 members (excludes halogenated alkanes) is 1. The van der Waals surface area contributed by atoms with Crippen molar-refractivity contribution in [2.45, 2.75) is 32.2 Å². The number of carbonyl (C=O) groups is 6. The molecule has 1 rings (SSSR count). The molecule has 18 heteroatoms. The van der Waals surface area contributed by atoms with Crippen LogP contribution in [0, 0.1) is 0 Å². The highest BCUT2D eigenvalue weighted by atomic mass is 16.5. The molecule has 1 aliphatic heterocycles. The Bertz CT molecular complexity index is 941. The van der Waals surface area contributed by atoms with E-state index in [-0.39, 0.29) is 103 Å². The third-order valence-electron chi connectivity index (χ3n) is 7.08. The number of nitrogens with one attached hydrogen (secondary N) is 3. The van der Waals surface area contributed by atoms with E-state index in [2.05, 4.69) is 16.0 Å². The standard InChI is InChI=1S/C28H52N8O10/c1-2-3-4-32-28(45)22(29)17-23(37)30-5-15-46-16-6-31-24(38)18-33-7-9-34(19-25(39)40)11-13-36(21-27(43)44)14-12-35(10-8-33)20-26(41)42/h22H,2-21,29H2,1H3,(H,30,37)(H,31,38)(H,32,45)(H,39,40)(H,41,42)(H,43,44)/t22-/m1/s1. The van der Waals surface area contributed by atoms with Gasteiger partial charge < -0.3 is 41.7 Å². The van der Waals surface area contributed by atoms with Crippen molar-refractivity contribution in [3.05, 3.63) is 0 Å². The lowest BCUT2D eigenvalue weighted by Gasteiger charge is -2.32. The first-order valence-electron chi connectivity index (χ1n) is 15.6. The molecule has 264 valence electrons. The predicted molar refractivity (Wildman–Crippen MR) is 166 cm³/mol. The second-order valence-electron chi connectivity index (χ2n) is 11.1. The molecule has 0 saturated carbocycles. The van der Waals surface area contributed by atoms with Gasteiger partial charge in [-0.05, 0) is 6.42 Å². The van der Waals surface area contributed by atoms with Crippen molar-refractivity contribution in [3.63, 3.8) is 0 Å². The molecule has 0 bridgehead atoms. The first kappa shape index (κ1) is 40.6. The maximum Gasteiger partial charge on any atom is 0.317 e. The van der Waals surface area contributed by atoms with Gasteiger partial charge in [0.2, 0.25) is 17.7 Å². The van der Waals surface area contributed by atoms with Crippen LogP contribution < -0.4 is 21.7 Å². The lowest BCUT2D eigenvalue weighted by molar-refractivity contribution is -0.140. The fourth-order valence-electron chi connectivity index (χ4n) is 4.56. The zero-order chi connectivity index (χ0) is 34.3. The molecule has 0 aromatic rings. The second-order valence-corrected chi connectivity index (χ2v) is 11.1. The summed E-state index contributed by atoms with van der Waals surface area (Å²) in [6.07, 6.45) is 1.62. The molecule has 1 saturated heterocycles. The van der Waals surface area contributed by atoms with Crippen LogP contribution >= 0.6 is 0 Å². The third-order valence-corrected chi connectivity index (χ3v) is 7.08. The zero-order valence-electron chi connectivity index (χ0n) is 26.8. The van der Waals surface area contributed by atoms with Crippen molar-refractivity contribution in [3.8, 4) is 0 Å². The minimum absolute atomic E-state index is 0.00467. The number of ether oxygens (including phenoxy) is 1.